The maximum absolute atomic E-state index is 9.11. The predicted molar refractivity (Wildman–Crippen MR) is 70.0 cm³/mol. The third-order valence-corrected chi connectivity index (χ3v) is 3.15. The Morgan fingerprint density at radius 3 is 2.53 bits per heavy atom. The van der Waals surface area contributed by atoms with Crippen LogP contribution in [0, 0.1) is 23.2 Å². The van der Waals surface area contributed by atoms with Crippen molar-refractivity contribution in [2.75, 3.05) is 7.11 Å². The molecule has 1 atom stereocenters. The largest absolute Gasteiger partial charge is 0.496 e. The molecule has 0 aromatic heterocycles. The van der Waals surface area contributed by atoms with Crippen LogP contribution >= 0.6 is 0 Å². The molecule has 1 aromatic rings. The van der Waals surface area contributed by atoms with Crippen LogP contribution in [0.5, 0.6) is 5.75 Å². The van der Waals surface area contributed by atoms with E-state index in [9.17, 15) is 0 Å². The number of ether oxygens (including phenoxy) is 1. The minimum atomic E-state index is 0.0908. The zero-order valence-corrected chi connectivity index (χ0v) is 11.2. The monoisotopic (exact) mass is 231 g/mol. The van der Waals surface area contributed by atoms with E-state index in [0.717, 1.165) is 18.6 Å². The minimum absolute atomic E-state index is 0.0908. The van der Waals surface area contributed by atoms with Gasteiger partial charge >= 0.3 is 0 Å². The van der Waals surface area contributed by atoms with E-state index in [2.05, 4.69) is 39.0 Å². The first kappa shape index (κ1) is 13.6. The molecule has 0 amide bonds. The zero-order valence-electron chi connectivity index (χ0n) is 11.2. The SMILES string of the molecule is CCc1cc(CC(C#N)C(C)C)ccc1OC. The summed E-state index contributed by atoms with van der Waals surface area (Å²) in [6.07, 6.45) is 1.78. The number of benzene rings is 1. The highest BCUT2D eigenvalue weighted by Crippen LogP contribution is 2.23. The van der Waals surface area contributed by atoms with Gasteiger partial charge in [0, 0.05) is 0 Å². The Hall–Kier alpha value is -1.49. The average Bonchev–Trinajstić information content (AvgIpc) is 2.35. The van der Waals surface area contributed by atoms with E-state index in [1.54, 1.807) is 7.11 Å². The summed E-state index contributed by atoms with van der Waals surface area (Å²) in [5.74, 6) is 1.43. The van der Waals surface area contributed by atoms with Crippen molar-refractivity contribution < 1.29 is 4.74 Å². The Bertz CT molecular complexity index is 404. The number of methoxy groups -OCH3 is 1. The molecule has 0 fully saturated rings. The highest BCUT2D eigenvalue weighted by Gasteiger charge is 2.13. The number of rotatable bonds is 5. The number of nitriles is 1. The van der Waals surface area contributed by atoms with E-state index in [0.29, 0.717) is 5.92 Å². The van der Waals surface area contributed by atoms with E-state index >= 15 is 0 Å². The van der Waals surface area contributed by atoms with Gasteiger partial charge in [-0.25, -0.2) is 0 Å². The van der Waals surface area contributed by atoms with Gasteiger partial charge in [-0.2, -0.15) is 5.26 Å². The second kappa shape index (κ2) is 6.30. The van der Waals surface area contributed by atoms with Gasteiger partial charge in [0.25, 0.3) is 0 Å². The highest BCUT2D eigenvalue weighted by molar-refractivity contribution is 5.37. The second-order valence-electron chi connectivity index (χ2n) is 4.68. The van der Waals surface area contributed by atoms with Crippen LogP contribution in [0.1, 0.15) is 31.9 Å². The van der Waals surface area contributed by atoms with Crippen LogP contribution in [-0.4, -0.2) is 7.11 Å². The lowest BCUT2D eigenvalue weighted by Crippen LogP contribution is -2.09. The van der Waals surface area contributed by atoms with Crippen LogP contribution in [0.3, 0.4) is 0 Å². The molecule has 2 heteroatoms. The summed E-state index contributed by atoms with van der Waals surface area (Å²) in [5.41, 5.74) is 2.44. The number of nitrogens with zero attached hydrogens (tertiary/aromatic N) is 1. The van der Waals surface area contributed by atoms with Crippen LogP contribution in [0.2, 0.25) is 0 Å². The standard InChI is InChI=1S/C15H21NO/c1-5-13-8-12(6-7-15(13)17-4)9-14(10-16)11(2)3/h6-8,11,14H,5,9H2,1-4H3. The van der Waals surface area contributed by atoms with Crippen LogP contribution in [0.4, 0.5) is 0 Å². The summed E-state index contributed by atoms with van der Waals surface area (Å²) >= 11 is 0. The van der Waals surface area contributed by atoms with E-state index < -0.39 is 0 Å². The van der Waals surface area contributed by atoms with Gasteiger partial charge in [0.05, 0.1) is 19.1 Å². The molecule has 0 saturated carbocycles. The van der Waals surface area contributed by atoms with E-state index in [1.807, 2.05) is 6.07 Å². The van der Waals surface area contributed by atoms with E-state index in [1.165, 1.54) is 11.1 Å². The molecule has 0 N–H and O–H groups in total. The van der Waals surface area contributed by atoms with Crippen LogP contribution in [0.15, 0.2) is 18.2 Å². The molecule has 0 aliphatic heterocycles. The molecule has 0 saturated heterocycles. The smallest absolute Gasteiger partial charge is 0.122 e. The van der Waals surface area contributed by atoms with Crippen LogP contribution < -0.4 is 4.74 Å². The Balaban J connectivity index is 2.89. The van der Waals surface area contributed by atoms with Gasteiger partial charge in [-0.05, 0) is 36.0 Å². The van der Waals surface area contributed by atoms with Crippen molar-refractivity contribution in [3.05, 3.63) is 29.3 Å². The highest BCUT2D eigenvalue weighted by atomic mass is 16.5. The average molecular weight is 231 g/mol. The van der Waals surface area contributed by atoms with Crippen molar-refractivity contribution in [2.24, 2.45) is 11.8 Å². The third kappa shape index (κ3) is 3.49. The summed E-state index contributed by atoms with van der Waals surface area (Å²) in [6.45, 7) is 6.31. The molecule has 0 spiro atoms. The third-order valence-electron chi connectivity index (χ3n) is 3.15. The fraction of sp³-hybridized carbons (Fsp3) is 0.533. The van der Waals surface area contributed by atoms with Gasteiger partial charge < -0.3 is 4.74 Å². The maximum Gasteiger partial charge on any atom is 0.122 e. The van der Waals surface area contributed by atoms with Gasteiger partial charge in [0.1, 0.15) is 5.75 Å². The Morgan fingerprint density at radius 1 is 1.35 bits per heavy atom. The Morgan fingerprint density at radius 2 is 2.06 bits per heavy atom. The Kier molecular flexibility index (Phi) is 5.03. The van der Waals surface area contributed by atoms with Gasteiger partial charge in [-0.1, -0.05) is 32.9 Å². The molecule has 0 bridgehead atoms. The van der Waals surface area contributed by atoms with Crippen molar-refractivity contribution in [3.8, 4) is 11.8 Å². The first-order valence-electron chi connectivity index (χ1n) is 6.17. The molecule has 0 radical (unpaired) electrons. The topological polar surface area (TPSA) is 33.0 Å². The van der Waals surface area contributed by atoms with Crippen molar-refractivity contribution in [3.63, 3.8) is 0 Å². The normalized spacial score (nSPS) is 12.2. The molecule has 0 aliphatic carbocycles. The van der Waals surface area contributed by atoms with E-state index in [4.69, 9.17) is 10.00 Å². The molecule has 92 valence electrons. The fourth-order valence-electron chi connectivity index (χ4n) is 1.92. The quantitative estimate of drug-likeness (QED) is 0.775. The summed E-state index contributed by atoms with van der Waals surface area (Å²) in [6, 6.07) is 8.61. The van der Waals surface area contributed by atoms with Crippen molar-refractivity contribution in [1.29, 1.82) is 5.26 Å². The molecule has 2 nitrogen and oxygen atoms in total. The van der Waals surface area contributed by atoms with Crippen molar-refractivity contribution in [2.45, 2.75) is 33.6 Å². The lowest BCUT2D eigenvalue weighted by Gasteiger charge is -2.14. The maximum atomic E-state index is 9.11. The lowest BCUT2D eigenvalue weighted by molar-refractivity contribution is 0.409. The number of aryl methyl sites for hydroxylation is 1. The molecule has 1 rings (SSSR count). The first-order chi connectivity index (χ1) is 8.12. The number of hydrogen-bond acceptors (Lipinski definition) is 2. The fourth-order valence-corrected chi connectivity index (χ4v) is 1.92. The summed E-state index contributed by atoms with van der Waals surface area (Å²) in [7, 11) is 1.69. The zero-order chi connectivity index (χ0) is 12.8. The molecule has 1 unspecified atom stereocenters. The number of hydrogen-bond donors (Lipinski definition) is 0. The summed E-state index contributed by atoms with van der Waals surface area (Å²) < 4.78 is 5.30. The Labute approximate surface area is 104 Å². The molecule has 17 heavy (non-hydrogen) atoms. The second-order valence-corrected chi connectivity index (χ2v) is 4.68. The molecular formula is C15H21NO. The van der Waals surface area contributed by atoms with Crippen molar-refractivity contribution >= 4 is 0 Å². The lowest BCUT2D eigenvalue weighted by atomic mass is 9.90. The van der Waals surface area contributed by atoms with Gasteiger partial charge in [-0.3, -0.25) is 0 Å². The van der Waals surface area contributed by atoms with E-state index in [-0.39, 0.29) is 5.92 Å². The van der Waals surface area contributed by atoms with Crippen LogP contribution in [-0.2, 0) is 12.8 Å². The molecule has 0 aliphatic rings. The van der Waals surface area contributed by atoms with Gasteiger partial charge in [0.15, 0.2) is 0 Å². The molecule has 1 aromatic carbocycles. The molecular weight excluding hydrogens is 210 g/mol. The summed E-state index contributed by atoms with van der Waals surface area (Å²) in [5, 5.41) is 9.11. The van der Waals surface area contributed by atoms with Crippen LogP contribution in [0.25, 0.3) is 0 Å². The summed E-state index contributed by atoms with van der Waals surface area (Å²) in [4.78, 5) is 0. The first-order valence-corrected chi connectivity index (χ1v) is 6.17. The minimum Gasteiger partial charge on any atom is -0.496 e. The predicted octanol–water partition coefficient (Wildman–Crippen LogP) is 3.60. The van der Waals surface area contributed by atoms with Crippen molar-refractivity contribution in [1.82, 2.24) is 0 Å². The van der Waals surface area contributed by atoms with Gasteiger partial charge in [0.2, 0.25) is 0 Å². The molecule has 0 heterocycles. The van der Waals surface area contributed by atoms with Gasteiger partial charge in [-0.15, -0.1) is 0 Å².